The Balaban J connectivity index is 1.90. The normalized spacial score (nSPS) is 12.0. The molecule has 2 nitrogen and oxygen atoms in total. The third-order valence-electron chi connectivity index (χ3n) is 5.57. The lowest BCUT2D eigenvalue weighted by Gasteiger charge is -2.22. The fraction of sp³-hybridized carbons (Fsp3) is 0.296. The molecule has 2 aromatic carbocycles. The average Bonchev–Trinajstić information content (AvgIpc) is 3.02. The molecule has 0 atom stereocenters. The molecule has 2 aromatic heterocycles. The lowest BCUT2D eigenvalue weighted by atomic mass is 9.83. The van der Waals surface area contributed by atoms with Crippen LogP contribution in [0.2, 0.25) is 0 Å². The van der Waals surface area contributed by atoms with E-state index in [0.717, 1.165) is 28.0 Å². The van der Waals surface area contributed by atoms with Crippen LogP contribution in [0.25, 0.3) is 33.6 Å². The third-order valence-corrected chi connectivity index (χ3v) is 5.57. The number of nitrogens with zero attached hydrogens (tertiary/aromatic N) is 1. The third kappa shape index (κ3) is 3.60. The second-order valence-corrected chi connectivity index (χ2v) is 9.30. The van der Waals surface area contributed by atoms with E-state index >= 15 is 0 Å². The Morgan fingerprint density at radius 3 is 2.00 bits per heavy atom. The SMILES string of the molecule is Cc1cc(C)cc(-c2nccc3cc(-c4c(C)cc(C(C)(C)C)cc4C)oc23)c1. The van der Waals surface area contributed by atoms with Gasteiger partial charge in [-0.2, -0.15) is 0 Å². The highest BCUT2D eigenvalue weighted by Gasteiger charge is 2.19. The molecule has 148 valence electrons. The summed E-state index contributed by atoms with van der Waals surface area (Å²) in [6.45, 7) is 15.3. The van der Waals surface area contributed by atoms with Crippen LogP contribution in [0.15, 0.2) is 53.1 Å². The topological polar surface area (TPSA) is 26.0 Å². The van der Waals surface area contributed by atoms with Crippen LogP contribution in [0.5, 0.6) is 0 Å². The molecule has 0 aliphatic carbocycles. The van der Waals surface area contributed by atoms with Crippen LogP contribution in [0.1, 0.15) is 48.6 Å². The van der Waals surface area contributed by atoms with Gasteiger partial charge in [0.15, 0.2) is 5.58 Å². The molecule has 29 heavy (non-hydrogen) atoms. The Bertz CT molecular complexity index is 1180. The predicted octanol–water partition coefficient (Wildman–Crippen LogP) is 7.69. The average molecular weight is 384 g/mol. The maximum atomic E-state index is 6.44. The van der Waals surface area contributed by atoms with Gasteiger partial charge >= 0.3 is 0 Å². The van der Waals surface area contributed by atoms with Crippen molar-refractivity contribution in [2.75, 3.05) is 0 Å². The van der Waals surface area contributed by atoms with E-state index in [2.05, 4.69) is 89.8 Å². The molecule has 0 N–H and O–H groups in total. The molecular weight excluding hydrogens is 354 g/mol. The number of rotatable bonds is 2. The highest BCUT2D eigenvalue weighted by Crippen LogP contribution is 2.38. The Kier molecular flexibility index (Phi) is 4.61. The van der Waals surface area contributed by atoms with E-state index in [4.69, 9.17) is 4.42 Å². The van der Waals surface area contributed by atoms with Crippen LogP contribution in [0, 0.1) is 27.7 Å². The van der Waals surface area contributed by atoms with Crippen molar-refractivity contribution >= 4 is 11.0 Å². The molecule has 0 bridgehead atoms. The molecule has 2 heteroatoms. The first kappa shape index (κ1) is 19.4. The van der Waals surface area contributed by atoms with Crippen molar-refractivity contribution < 1.29 is 4.42 Å². The minimum absolute atomic E-state index is 0.127. The van der Waals surface area contributed by atoms with Crippen LogP contribution < -0.4 is 0 Å². The number of furan rings is 1. The molecule has 0 unspecified atom stereocenters. The summed E-state index contributed by atoms with van der Waals surface area (Å²) >= 11 is 0. The van der Waals surface area contributed by atoms with Gasteiger partial charge in [-0.05, 0) is 74.1 Å². The van der Waals surface area contributed by atoms with E-state index in [1.807, 2.05) is 12.3 Å². The fourth-order valence-corrected chi connectivity index (χ4v) is 4.19. The van der Waals surface area contributed by atoms with Gasteiger partial charge in [-0.25, -0.2) is 0 Å². The highest BCUT2D eigenvalue weighted by molar-refractivity contribution is 5.93. The molecule has 0 aliphatic rings. The molecule has 2 heterocycles. The number of aryl methyl sites for hydroxylation is 4. The number of benzene rings is 2. The van der Waals surface area contributed by atoms with Gasteiger partial charge in [0.05, 0.1) is 0 Å². The minimum atomic E-state index is 0.127. The summed E-state index contributed by atoms with van der Waals surface area (Å²) in [5.41, 5.74) is 10.5. The number of pyridine rings is 1. The van der Waals surface area contributed by atoms with Gasteiger partial charge in [0.25, 0.3) is 0 Å². The first-order valence-corrected chi connectivity index (χ1v) is 10.2. The van der Waals surface area contributed by atoms with Crippen LogP contribution in [0.3, 0.4) is 0 Å². The summed E-state index contributed by atoms with van der Waals surface area (Å²) in [6.07, 6.45) is 1.87. The Morgan fingerprint density at radius 2 is 1.41 bits per heavy atom. The fourth-order valence-electron chi connectivity index (χ4n) is 4.19. The molecule has 4 aromatic rings. The van der Waals surface area contributed by atoms with E-state index in [1.54, 1.807) is 0 Å². The number of hydrogen-bond acceptors (Lipinski definition) is 2. The van der Waals surface area contributed by atoms with Crippen LogP contribution in [-0.2, 0) is 5.41 Å². The quantitative estimate of drug-likeness (QED) is 0.354. The molecular formula is C27H29NO. The van der Waals surface area contributed by atoms with Crippen LogP contribution >= 0.6 is 0 Å². The van der Waals surface area contributed by atoms with Crippen molar-refractivity contribution in [2.24, 2.45) is 0 Å². The lowest BCUT2D eigenvalue weighted by Crippen LogP contribution is -2.12. The number of hydrogen-bond donors (Lipinski definition) is 0. The number of aromatic nitrogens is 1. The van der Waals surface area contributed by atoms with E-state index in [9.17, 15) is 0 Å². The predicted molar refractivity (Wildman–Crippen MR) is 123 cm³/mol. The molecule has 0 saturated heterocycles. The Morgan fingerprint density at radius 1 is 0.793 bits per heavy atom. The lowest BCUT2D eigenvalue weighted by molar-refractivity contribution is 0.588. The van der Waals surface area contributed by atoms with Crippen molar-refractivity contribution in [3.63, 3.8) is 0 Å². The van der Waals surface area contributed by atoms with Gasteiger partial charge in [-0.15, -0.1) is 0 Å². The smallest absolute Gasteiger partial charge is 0.161 e. The first-order chi connectivity index (χ1) is 13.6. The van der Waals surface area contributed by atoms with Crippen molar-refractivity contribution in [3.05, 3.63) is 76.5 Å². The van der Waals surface area contributed by atoms with Crippen LogP contribution in [0.4, 0.5) is 0 Å². The van der Waals surface area contributed by atoms with Crippen LogP contribution in [-0.4, -0.2) is 4.98 Å². The Labute approximate surface area is 173 Å². The van der Waals surface area contributed by atoms with Gasteiger partial charge in [0, 0.05) is 22.7 Å². The van der Waals surface area contributed by atoms with Crippen molar-refractivity contribution in [1.29, 1.82) is 0 Å². The van der Waals surface area contributed by atoms with E-state index in [-0.39, 0.29) is 5.41 Å². The summed E-state index contributed by atoms with van der Waals surface area (Å²) < 4.78 is 6.44. The second kappa shape index (κ2) is 6.88. The summed E-state index contributed by atoms with van der Waals surface area (Å²) in [4.78, 5) is 4.66. The minimum Gasteiger partial charge on any atom is -0.454 e. The second-order valence-electron chi connectivity index (χ2n) is 9.30. The molecule has 0 fully saturated rings. The van der Waals surface area contributed by atoms with Gasteiger partial charge in [-0.3, -0.25) is 4.98 Å². The zero-order chi connectivity index (χ0) is 20.9. The number of fused-ring (bicyclic) bond motifs is 1. The van der Waals surface area contributed by atoms with Gasteiger partial charge in [-0.1, -0.05) is 50.1 Å². The van der Waals surface area contributed by atoms with Gasteiger partial charge in [0.2, 0.25) is 0 Å². The summed E-state index contributed by atoms with van der Waals surface area (Å²) in [7, 11) is 0. The monoisotopic (exact) mass is 383 g/mol. The van der Waals surface area contributed by atoms with E-state index in [0.29, 0.717) is 0 Å². The largest absolute Gasteiger partial charge is 0.454 e. The maximum absolute atomic E-state index is 6.44. The molecule has 0 aliphatic heterocycles. The van der Waals surface area contributed by atoms with Crippen molar-refractivity contribution in [1.82, 2.24) is 4.98 Å². The van der Waals surface area contributed by atoms with Crippen molar-refractivity contribution in [3.8, 4) is 22.6 Å². The first-order valence-electron chi connectivity index (χ1n) is 10.2. The summed E-state index contributed by atoms with van der Waals surface area (Å²) in [5, 5.41) is 1.09. The Hall–Kier alpha value is -2.87. The highest BCUT2D eigenvalue weighted by atomic mass is 16.3. The van der Waals surface area contributed by atoms with E-state index in [1.165, 1.54) is 33.4 Å². The zero-order valence-electron chi connectivity index (χ0n) is 18.5. The molecule has 0 radical (unpaired) electrons. The molecule has 0 saturated carbocycles. The maximum Gasteiger partial charge on any atom is 0.161 e. The molecule has 4 rings (SSSR count). The standard InChI is InChI=1S/C27H29NO/c1-16-10-17(2)12-21(11-16)25-26-20(8-9-28-25)15-23(29-26)24-18(3)13-22(14-19(24)4)27(5,6)7/h8-15H,1-7H3. The zero-order valence-corrected chi connectivity index (χ0v) is 18.5. The van der Waals surface area contributed by atoms with E-state index < -0.39 is 0 Å². The molecule has 0 spiro atoms. The van der Waals surface area contributed by atoms with Gasteiger partial charge in [0.1, 0.15) is 11.5 Å². The van der Waals surface area contributed by atoms with Gasteiger partial charge < -0.3 is 4.42 Å². The molecule has 0 amide bonds. The summed E-state index contributed by atoms with van der Waals surface area (Å²) in [5.74, 6) is 0.911. The summed E-state index contributed by atoms with van der Waals surface area (Å²) in [6, 6.07) is 15.3. The van der Waals surface area contributed by atoms with Crippen molar-refractivity contribution in [2.45, 2.75) is 53.9 Å².